The number of rotatable bonds is 1. The summed E-state index contributed by atoms with van der Waals surface area (Å²) in [5, 5.41) is 3.10. The first kappa shape index (κ1) is 8.01. The normalized spacial score (nSPS) is 12.9. The van der Waals surface area contributed by atoms with Gasteiger partial charge in [0.05, 0.1) is 0 Å². The van der Waals surface area contributed by atoms with Gasteiger partial charge in [0.1, 0.15) is 0 Å². The summed E-state index contributed by atoms with van der Waals surface area (Å²) in [5.74, 6) is 0. The fourth-order valence-corrected chi connectivity index (χ4v) is 1.28. The van der Waals surface area contributed by atoms with Gasteiger partial charge in [-0.25, -0.2) is 0 Å². The molecule has 0 spiro atoms. The van der Waals surface area contributed by atoms with Gasteiger partial charge in [0.25, 0.3) is 0 Å². The van der Waals surface area contributed by atoms with E-state index in [9.17, 15) is 0 Å². The molecule has 0 aromatic heterocycles. The van der Waals surface area contributed by atoms with Crippen molar-refractivity contribution < 1.29 is 42.8 Å². The van der Waals surface area contributed by atoms with Crippen LogP contribution in [0.2, 0.25) is 0 Å². The number of hydrogen-bond donors (Lipinski definition) is 1. The Morgan fingerprint density at radius 2 is 1.86 bits per heavy atom. The molecule has 38 valence electrons. The number of nitrogens with one attached hydrogen (secondary N) is 1. The van der Waals surface area contributed by atoms with Gasteiger partial charge >= 0.3 is 75.3 Å². The van der Waals surface area contributed by atoms with Crippen LogP contribution in [0.4, 0.5) is 0 Å². The molecule has 0 unspecified atom stereocenters. The minimum absolute atomic E-state index is 0.586. The predicted molar refractivity (Wildman–Crippen MR) is 28.8 cm³/mol. The van der Waals surface area contributed by atoms with E-state index in [4.69, 9.17) is 0 Å². The van der Waals surface area contributed by atoms with E-state index < -0.39 is 0 Å². The van der Waals surface area contributed by atoms with Crippen molar-refractivity contribution in [2.45, 2.75) is 13.8 Å². The molecule has 2 heteroatoms. The molecular formula is C5H11NRa. The zero-order chi connectivity index (χ0) is 5.86. The van der Waals surface area contributed by atoms with Gasteiger partial charge in [-0.15, -0.1) is 0 Å². The van der Waals surface area contributed by atoms with Gasteiger partial charge in [0.2, 0.25) is 0 Å². The van der Waals surface area contributed by atoms with Crippen molar-refractivity contribution in [3.63, 3.8) is 0 Å². The van der Waals surface area contributed by atoms with Gasteiger partial charge in [0.15, 0.2) is 0 Å². The summed E-state index contributed by atoms with van der Waals surface area (Å²) >= 11 is 0.586. The van der Waals surface area contributed by atoms with Crippen LogP contribution in [0, 0.1) is 42.8 Å². The summed E-state index contributed by atoms with van der Waals surface area (Å²) < 4.78 is 1.58. The summed E-state index contributed by atoms with van der Waals surface area (Å²) in [6.45, 7) is 4.31. The summed E-state index contributed by atoms with van der Waals surface area (Å²) in [7, 11) is 1.97. The summed E-state index contributed by atoms with van der Waals surface area (Å²) in [5.41, 5.74) is 1.37. The quantitative estimate of drug-likeness (QED) is 0.753. The first-order chi connectivity index (χ1) is 3.18. The molecule has 0 aromatic carbocycles. The fraction of sp³-hybridized carbons (Fsp3) is 0.600. The van der Waals surface area contributed by atoms with E-state index in [1.165, 1.54) is 5.70 Å². The van der Waals surface area contributed by atoms with Gasteiger partial charge in [-0.3, -0.25) is 0 Å². The zero-order valence-electron chi connectivity index (χ0n) is 5.50. The van der Waals surface area contributed by atoms with Crippen molar-refractivity contribution in [1.82, 2.24) is 5.32 Å². The molecule has 0 fully saturated rings. The second-order valence-electron chi connectivity index (χ2n) is 1.88. The first-order valence-electron chi connectivity index (χ1n) is 2.50. The molecule has 0 bridgehead atoms. The third kappa shape index (κ3) is 3.58. The maximum atomic E-state index is 3.10. The molecule has 0 saturated carbocycles. The topological polar surface area (TPSA) is 12.0 Å². The Morgan fingerprint density at radius 1 is 1.43 bits per heavy atom. The van der Waals surface area contributed by atoms with Gasteiger partial charge in [0, 0.05) is 0 Å². The average Bonchev–Trinajstić information content (AvgIpc) is 1.65. The Balaban J connectivity index is 3.72. The number of allylic oxidation sites excluding steroid dienone is 2. The van der Waals surface area contributed by atoms with Crippen LogP contribution in [0.1, 0.15) is 13.8 Å². The van der Waals surface area contributed by atoms with Crippen LogP contribution < -0.4 is 5.32 Å². The first-order valence-corrected chi connectivity index (χ1v) is 6.61. The molecule has 0 aliphatic heterocycles. The summed E-state index contributed by atoms with van der Waals surface area (Å²) in [6, 6.07) is 0. The standard InChI is InChI=1S/C5H10N.Ra.H/c1-4-5(2)6-3;;/h6H,1-3H3;;. The van der Waals surface area contributed by atoms with Crippen molar-refractivity contribution in [2.24, 2.45) is 0 Å². The second-order valence-corrected chi connectivity index (χ2v) is 8.04. The van der Waals surface area contributed by atoms with E-state index in [1.54, 1.807) is 0.614 Å². The Morgan fingerprint density at radius 3 is 1.86 bits per heavy atom. The van der Waals surface area contributed by atoms with Crippen molar-refractivity contribution in [3.05, 3.63) is 6.31 Å². The van der Waals surface area contributed by atoms with E-state index in [0.717, 1.165) is 0 Å². The van der Waals surface area contributed by atoms with E-state index in [2.05, 4.69) is 19.2 Å². The summed E-state index contributed by atoms with van der Waals surface area (Å²) in [6.07, 6.45) is 0. The van der Waals surface area contributed by atoms with Gasteiger partial charge < -0.3 is 0 Å². The Bertz CT molecular complexity index is 82.1. The van der Waals surface area contributed by atoms with Crippen molar-refractivity contribution >= 4 is 0 Å². The van der Waals surface area contributed by atoms with Crippen LogP contribution in [-0.4, -0.2) is 7.05 Å². The summed E-state index contributed by atoms with van der Waals surface area (Å²) in [4.78, 5) is 0. The zero-order valence-corrected chi connectivity index (χ0v) is 13.7. The molecule has 0 heterocycles. The Labute approximate surface area is 74.3 Å². The Kier molecular flexibility index (Phi) is 4.51. The molecule has 1 nitrogen and oxygen atoms in total. The van der Waals surface area contributed by atoms with E-state index in [0.29, 0.717) is 42.8 Å². The number of hydrogen-bond acceptors (Lipinski definition) is 1. The average molecular weight is 311 g/mol. The third-order valence-electron chi connectivity index (χ3n) is 1.12. The molecule has 0 aromatic rings. The van der Waals surface area contributed by atoms with E-state index in [-0.39, 0.29) is 0 Å². The van der Waals surface area contributed by atoms with Gasteiger partial charge in [-0.05, 0) is 0 Å². The van der Waals surface area contributed by atoms with E-state index in [1.807, 2.05) is 7.05 Å². The fourth-order valence-electron chi connectivity index (χ4n) is 0.250. The van der Waals surface area contributed by atoms with E-state index >= 15 is 0 Å². The maximum absolute atomic E-state index is 3.10. The van der Waals surface area contributed by atoms with Crippen LogP contribution >= 0.6 is 0 Å². The van der Waals surface area contributed by atoms with Crippen LogP contribution in [0.5, 0.6) is 0 Å². The minimum atomic E-state index is 0.586. The van der Waals surface area contributed by atoms with Crippen molar-refractivity contribution in [1.29, 1.82) is 0 Å². The van der Waals surface area contributed by atoms with Gasteiger partial charge in [-0.2, -0.15) is 0 Å². The molecule has 0 saturated heterocycles. The molecular weight excluding hydrogens is 300 g/mol. The molecule has 0 aliphatic rings. The van der Waals surface area contributed by atoms with Crippen LogP contribution in [-0.2, 0) is 0 Å². The molecule has 0 atom stereocenters. The Hall–Kier alpha value is 1.01. The van der Waals surface area contributed by atoms with Crippen LogP contribution in [0.25, 0.3) is 0 Å². The molecule has 1 N–H and O–H groups in total. The molecule has 0 rings (SSSR count). The van der Waals surface area contributed by atoms with Crippen LogP contribution in [0.15, 0.2) is 6.31 Å². The molecule has 0 amide bonds. The van der Waals surface area contributed by atoms with Crippen LogP contribution in [0.3, 0.4) is 0 Å². The SMILES string of the molecule is CN/C(C)=[C](\C)[RaH]. The van der Waals surface area contributed by atoms with Crippen molar-refractivity contribution in [2.75, 3.05) is 7.05 Å². The predicted octanol–water partition coefficient (Wildman–Crippen LogP) is 0.739. The molecule has 0 aliphatic carbocycles. The monoisotopic (exact) mass is 311 g/mol. The third-order valence-corrected chi connectivity index (χ3v) is 4.21. The van der Waals surface area contributed by atoms with Crippen molar-refractivity contribution in [3.8, 4) is 0 Å². The second kappa shape index (κ2) is 3.94. The van der Waals surface area contributed by atoms with Gasteiger partial charge in [-0.1, -0.05) is 0 Å². The molecule has 0 radical (unpaired) electrons. The molecule has 7 heavy (non-hydrogen) atoms.